The fraction of sp³-hybridized carbons (Fsp3) is 0.561. The molecule has 0 fully saturated rings. The van der Waals surface area contributed by atoms with Crippen LogP contribution >= 0.6 is 7.82 Å². The molecular formula is C82H131NO8P+. The summed E-state index contributed by atoms with van der Waals surface area (Å²) in [6, 6.07) is 0. The minimum Gasteiger partial charge on any atom is -0.462 e. The van der Waals surface area contributed by atoms with E-state index in [-0.39, 0.29) is 26.1 Å². The van der Waals surface area contributed by atoms with Crippen LogP contribution in [0, 0.1) is 0 Å². The van der Waals surface area contributed by atoms with E-state index in [9.17, 15) is 19.0 Å². The van der Waals surface area contributed by atoms with Gasteiger partial charge in [-0.3, -0.25) is 18.6 Å². The van der Waals surface area contributed by atoms with Crippen molar-refractivity contribution in [3.05, 3.63) is 207 Å². The van der Waals surface area contributed by atoms with Gasteiger partial charge >= 0.3 is 19.8 Å². The molecule has 0 aromatic heterocycles. The van der Waals surface area contributed by atoms with E-state index >= 15 is 0 Å². The Morgan fingerprint density at radius 2 is 0.587 bits per heavy atom. The van der Waals surface area contributed by atoms with Crippen LogP contribution < -0.4 is 0 Å². The number of phosphoric ester groups is 1. The summed E-state index contributed by atoms with van der Waals surface area (Å²) >= 11 is 0. The van der Waals surface area contributed by atoms with Crippen molar-refractivity contribution >= 4 is 19.8 Å². The van der Waals surface area contributed by atoms with Gasteiger partial charge in [0.05, 0.1) is 27.7 Å². The number of nitrogens with zero attached hydrogens (tertiary/aromatic N) is 1. The summed E-state index contributed by atoms with van der Waals surface area (Å²) < 4.78 is 34.7. The molecule has 10 heteroatoms. The number of rotatable bonds is 63. The van der Waals surface area contributed by atoms with Gasteiger partial charge in [0.15, 0.2) is 6.10 Å². The van der Waals surface area contributed by atoms with E-state index in [0.29, 0.717) is 23.9 Å². The average molecular weight is 1290 g/mol. The highest BCUT2D eigenvalue weighted by atomic mass is 31.2. The number of phosphoric acid groups is 1. The number of esters is 2. The van der Waals surface area contributed by atoms with Crippen LogP contribution in [0.4, 0.5) is 0 Å². The topological polar surface area (TPSA) is 108 Å². The van der Waals surface area contributed by atoms with Crippen LogP contribution in [0.1, 0.15) is 245 Å². The molecule has 0 bridgehead atoms. The molecule has 1 N–H and O–H groups in total. The van der Waals surface area contributed by atoms with Gasteiger partial charge in [0.1, 0.15) is 19.8 Å². The summed E-state index contributed by atoms with van der Waals surface area (Å²) in [6.07, 6.45) is 111. The van der Waals surface area contributed by atoms with Gasteiger partial charge in [-0.15, -0.1) is 0 Å². The summed E-state index contributed by atoms with van der Waals surface area (Å²) in [5, 5.41) is 0. The number of carbonyl (C=O) groups is 2. The zero-order valence-electron chi connectivity index (χ0n) is 58.7. The molecule has 0 saturated carbocycles. The molecule has 0 saturated heterocycles. The summed E-state index contributed by atoms with van der Waals surface area (Å²) in [6.45, 7) is 4.16. The fourth-order valence-electron chi connectivity index (χ4n) is 8.91. The number of unbranched alkanes of at least 4 members (excludes halogenated alkanes) is 15. The van der Waals surface area contributed by atoms with Crippen LogP contribution in [0.3, 0.4) is 0 Å². The molecule has 0 aliphatic rings. The molecule has 92 heavy (non-hydrogen) atoms. The highest BCUT2D eigenvalue weighted by Gasteiger charge is 2.27. The van der Waals surface area contributed by atoms with Crippen molar-refractivity contribution in [2.24, 2.45) is 0 Å². The average Bonchev–Trinajstić information content (AvgIpc) is 2.34. The summed E-state index contributed by atoms with van der Waals surface area (Å²) in [4.78, 5) is 35.9. The van der Waals surface area contributed by atoms with Crippen molar-refractivity contribution in [1.82, 2.24) is 0 Å². The lowest BCUT2D eigenvalue weighted by Crippen LogP contribution is -2.37. The molecule has 0 aromatic carbocycles. The van der Waals surface area contributed by atoms with Gasteiger partial charge < -0.3 is 18.9 Å². The standard InChI is InChI=1S/C82H130NO8P/c1-6-8-10-12-14-16-18-20-22-24-26-28-30-32-34-36-38-39-40-41-42-43-45-47-49-51-53-55-57-59-61-63-65-67-69-71-73-75-82(85)91-80(79-90-92(86,87)89-77-76-83(3,4)5)78-88-81(84)74-72-70-68-66-64-62-60-58-56-54-52-50-48-46-44-37-35-33-31-29-27-25-23-21-19-17-15-13-11-9-7-2/h8-11,14-17,20-23,26-29,32-35,38-39,41-42,44-47,50-53,56,58,80H,6-7,12-13,18-19,24-25,30-31,36-37,40,43,48-49,54-55,57,59-79H2,1-5H3/p+1/b10-8-,11-9-,16-14-,17-15-,22-20-,23-21-,28-26-,29-27-,34-32-,35-33-,39-38-,42-41-,46-44-,47-45-,52-50-,53-51-,58-56-. The highest BCUT2D eigenvalue weighted by molar-refractivity contribution is 7.47. The SMILES string of the molecule is CC/C=C\C/C=C\C/C=C\C/C=C\C/C=C\C/C=C\C/C=C\C/C=C\C/C=C\CCCCCCCCCCCC(=O)OC(COC(=O)CCCCCCCC/C=C\C/C=C\C/C=C\C/C=C\C/C=C\C/C=C\C/C=C\C/C=C\CC)COP(=O)(O)OCC[N+](C)(C)C. The van der Waals surface area contributed by atoms with E-state index in [1.165, 1.54) is 32.1 Å². The van der Waals surface area contributed by atoms with Crippen molar-refractivity contribution < 1.29 is 42.1 Å². The lowest BCUT2D eigenvalue weighted by molar-refractivity contribution is -0.870. The molecule has 516 valence electrons. The Bertz CT molecular complexity index is 2310. The molecule has 2 atom stereocenters. The zero-order chi connectivity index (χ0) is 66.9. The van der Waals surface area contributed by atoms with E-state index < -0.39 is 32.5 Å². The van der Waals surface area contributed by atoms with Crippen molar-refractivity contribution in [1.29, 1.82) is 0 Å². The lowest BCUT2D eigenvalue weighted by atomic mass is 10.1. The van der Waals surface area contributed by atoms with Crippen LogP contribution in [-0.2, 0) is 32.7 Å². The molecule has 9 nitrogen and oxygen atoms in total. The first kappa shape index (κ1) is 86.6. The number of quaternary nitrogens is 1. The van der Waals surface area contributed by atoms with Crippen molar-refractivity contribution in [2.75, 3.05) is 47.5 Å². The maximum absolute atomic E-state index is 12.9. The largest absolute Gasteiger partial charge is 0.472 e. The number of hydrogen-bond donors (Lipinski definition) is 1. The van der Waals surface area contributed by atoms with Crippen LogP contribution in [0.5, 0.6) is 0 Å². The Hall–Kier alpha value is -5.41. The zero-order valence-corrected chi connectivity index (χ0v) is 59.6. The minimum atomic E-state index is -4.41. The van der Waals surface area contributed by atoms with Gasteiger partial charge in [-0.05, 0) is 148 Å². The monoisotopic (exact) mass is 1290 g/mol. The normalized spacial score (nSPS) is 14.4. The molecule has 0 spiro atoms. The molecule has 2 unspecified atom stereocenters. The van der Waals surface area contributed by atoms with Crippen LogP contribution in [-0.4, -0.2) is 74.9 Å². The van der Waals surface area contributed by atoms with Gasteiger partial charge in [-0.2, -0.15) is 0 Å². The van der Waals surface area contributed by atoms with Gasteiger partial charge in [0, 0.05) is 12.8 Å². The summed E-state index contributed by atoms with van der Waals surface area (Å²) in [5.41, 5.74) is 0. The second kappa shape index (κ2) is 69.9. The third kappa shape index (κ3) is 73.6. The van der Waals surface area contributed by atoms with E-state index in [1.54, 1.807) is 0 Å². The predicted molar refractivity (Wildman–Crippen MR) is 398 cm³/mol. The maximum atomic E-state index is 12.9. The molecule has 0 heterocycles. The molecule has 0 radical (unpaired) electrons. The van der Waals surface area contributed by atoms with E-state index in [2.05, 4.69) is 220 Å². The summed E-state index contributed by atoms with van der Waals surface area (Å²) in [5.74, 6) is -0.836. The third-order valence-electron chi connectivity index (χ3n) is 14.3. The van der Waals surface area contributed by atoms with E-state index in [4.69, 9.17) is 18.5 Å². The van der Waals surface area contributed by atoms with Gasteiger partial charge in [-0.25, -0.2) is 4.57 Å². The maximum Gasteiger partial charge on any atom is 0.472 e. The van der Waals surface area contributed by atoms with Crippen molar-refractivity contribution in [3.8, 4) is 0 Å². The number of likely N-dealkylation sites (N-methyl/N-ethyl adjacent to an activating group) is 1. The number of hydrogen-bond acceptors (Lipinski definition) is 7. The van der Waals surface area contributed by atoms with Crippen LogP contribution in [0.25, 0.3) is 0 Å². The van der Waals surface area contributed by atoms with Crippen LogP contribution in [0.15, 0.2) is 207 Å². The summed E-state index contributed by atoms with van der Waals surface area (Å²) in [7, 11) is 1.43. The van der Waals surface area contributed by atoms with Gasteiger partial charge in [0.25, 0.3) is 0 Å². The van der Waals surface area contributed by atoms with Gasteiger partial charge in [0.2, 0.25) is 0 Å². The Kier molecular flexibility index (Phi) is 65.8. The van der Waals surface area contributed by atoms with Crippen LogP contribution in [0.2, 0.25) is 0 Å². The number of ether oxygens (including phenoxy) is 2. The first-order valence-corrected chi connectivity index (χ1v) is 37.3. The number of carbonyl (C=O) groups excluding carboxylic acids is 2. The molecule has 0 aromatic rings. The molecule has 0 aliphatic heterocycles. The third-order valence-corrected chi connectivity index (χ3v) is 15.3. The second-order valence-electron chi connectivity index (χ2n) is 24.2. The molecule has 0 amide bonds. The first-order valence-electron chi connectivity index (χ1n) is 35.8. The molecule has 0 rings (SSSR count). The minimum absolute atomic E-state index is 0.0162. The van der Waals surface area contributed by atoms with E-state index in [1.807, 2.05) is 21.1 Å². The Balaban J connectivity index is 4.18. The Morgan fingerprint density at radius 1 is 0.337 bits per heavy atom. The quantitative estimate of drug-likeness (QED) is 0.0211. The number of allylic oxidation sites excluding steroid dienone is 34. The van der Waals surface area contributed by atoms with Gasteiger partial charge in [-0.1, -0.05) is 291 Å². The second-order valence-corrected chi connectivity index (χ2v) is 25.6. The van der Waals surface area contributed by atoms with E-state index in [0.717, 1.165) is 173 Å². The molecular weight excluding hydrogens is 1160 g/mol. The lowest BCUT2D eigenvalue weighted by Gasteiger charge is -2.24. The first-order chi connectivity index (χ1) is 45.0. The molecule has 0 aliphatic carbocycles. The predicted octanol–water partition coefficient (Wildman–Crippen LogP) is 23.8. The highest BCUT2D eigenvalue weighted by Crippen LogP contribution is 2.43. The Morgan fingerprint density at radius 3 is 0.870 bits per heavy atom. The fourth-order valence-corrected chi connectivity index (χ4v) is 9.65. The van der Waals surface area contributed by atoms with Crippen molar-refractivity contribution in [3.63, 3.8) is 0 Å². The Labute approximate surface area is 564 Å². The van der Waals surface area contributed by atoms with Crippen molar-refractivity contribution in [2.45, 2.75) is 251 Å². The smallest absolute Gasteiger partial charge is 0.462 e.